The van der Waals surface area contributed by atoms with E-state index >= 15 is 0 Å². The molecule has 0 aliphatic carbocycles. The number of amides is 1. The van der Waals surface area contributed by atoms with Gasteiger partial charge in [0.25, 0.3) is 0 Å². The number of aromatic nitrogens is 2. The van der Waals surface area contributed by atoms with E-state index < -0.39 is 0 Å². The molecule has 2 aromatic rings. The van der Waals surface area contributed by atoms with Crippen molar-refractivity contribution < 1.29 is 4.79 Å². The first kappa shape index (κ1) is 11.9. The van der Waals surface area contributed by atoms with Gasteiger partial charge in [0, 0.05) is 16.9 Å². The number of hydrogen-bond donors (Lipinski definition) is 2. The quantitative estimate of drug-likeness (QED) is 0.906. The van der Waals surface area contributed by atoms with Crippen molar-refractivity contribution in [2.75, 3.05) is 0 Å². The fourth-order valence-corrected chi connectivity index (χ4v) is 1.69. The summed E-state index contributed by atoms with van der Waals surface area (Å²) in [6, 6.07) is 7.71. The van der Waals surface area contributed by atoms with Gasteiger partial charge in [-0.3, -0.25) is 4.79 Å². The van der Waals surface area contributed by atoms with Gasteiger partial charge in [-0.2, -0.15) is 0 Å². The standard InChI is InChI=1S/C12H12BrN3O/c13-10-3-1-9(2-4-10)7-12(17)16-8-11-14-5-6-15-11/h1-6H,7-8H2,(H,14,15)(H,16,17). The van der Waals surface area contributed by atoms with Crippen molar-refractivity contribution in [1.29, 1.82) is 0 Å². The molecule has 5 heteroatoms. The Labute approximate surface area is 108 Å². The van der Waals surface area contributed by atoms with Crippen LogP contribution in [0.4, 0.5) is 0 Å². The zero-order valence-electron chi connectivity index (χ0n) is 9.11. The number of aromatic amines is 1. The predicted molar refractivity (Wildman–Crippen MR) is 68.3 cm³/mol. The van der Waals surface area contributed by atoms with E-state index in [4.69, 9.17) is 0 Å². The van der Waals surface area contributed by atoms with Crippen LogP contribution in [0.25, 0.3) is 0 Å². The van der Waals surface area contributed by atoms with Crippen LogP contribution in [0, 0.1) is 0 Å². The van der Waals surface area contributed by atoms with Crippen LogP contribution in [0.5, 0.6) is 0 Å². The normalized spacial score (nSPS) is 10.2. The van der Waals surface area contributed by atoms with Crippen LogP contribution in [-0.4, -0.2) is 15.9 Å². The minimum atomic E-state index is -0.0104. The highest BCUT2D eigenvalue weighted by Crippen LogP contribution is 2.10. The summed E-state index contributed by atoms with van der Waals surface area (Å²) < 4.78 is 1.01. The molecule has 0 fully saturated rings. The molecule has 0 spiro atoms. The molecule has 0 aliphatic rings. The van der Waals surface area contributed by atoms with Crippen LogP contribution in [0.15, 0.2) is 41.1 Å². The molecule has 2 rings (SSSR count). The molecule has 0 atom stereocenters. The Morgan fingerprint density at radius 2 is 2.12 bits per heavy atom. The molecule has 0 aliphatic heterocycles. The Morgan fingerprint density at radius 1 is 1.35 bits per heavy atom. The predicted octanol–water partition coefficient (Wildman–Crippen LogP) is 2.03. The smallest absolute Gasteiger partial charge is 0.224 e. The van der Waals surface area contributed by atoms with Gasteiger partial charge in [-0.1, -0.05) is 28.1 Å². The van der Waals surface area contributed by atoms with Crippen LogP contribution in [0.3, 0.4) is 0 Å². The number of H-pyrrole nitrogens is 1. The monoisotopic (exact) mass is 293 g/mol. The summed E-state index contributed by atoms with van der Waals surface area (Å²) in [5, 5.41) is 2.80. The number of carbonyl (C=O) groups is 1. The Balaban J connectivity index is 1.83. The summed E-state index contributed by atoms with van der Waals surface area (Å²) in [5.74, 6) is 0.748. The van der Waals surface area contributed by atoms with Crippen molar-refractivity contribution in [3.63, 3.8) is 0 Å². The van der Waals surface area contributed by atoms with Crippen molar-refractivity contribution in [1.82, 2.24) is 15.3 Å². The molecule has 0 saturated carbocycles. The second kappa shape index (κ2) is 5.63. The van der Waals surface area contributed by atoms with E-state index in [-0.39, 0.29) is 5.91 Å². The minimum Gasteiger partial charge on any atom is -0.349 e. The second-order valence-corrected chi connectivity index (χ2v) is 4.53. The molecular weight excluding hydrogens is 282 g/mol. The summed E-state index contributed by atoms with van der Waals surface area (Å²) in [6.07, 6.45) is 3.78. The third-order valence-electron chi connectivity index (χ3n) is 2.29. The van der Waals surface area contributed by atoms with Gasteiger partial charge in [0.15, 0.2) is 0 Å². The van der Waals surface area contributed by atoms with Crippen LogP contribution in [0.2, 0.25) is 0 Å². The number of rotatable bonds is 4. The molecule has 1 aromatic carbocycles. The van der Waals surface area contributed by atoms with Crippen LogP contribution >= 0.6 is 15.9 Å². The van der Waals surface area contributed by atoms with E-state index in [1.54, 1.807) is 12.4 Å². The van der Waals surface area contributed by atoms with E-state index in [2.05, 4.69) is 31.2 Å². The Kier molecular flexibility index (Phi) is 3.93. The number of hydrogen-bond acceptors (Lipinski definition) is 2. The molecule has 0 saturated heterocycles. The molecule has 1 heterocycles. The highest BCUT2D eigenvalue weighted by Gasteiger charge is 2.03. The van der Waals surface area contributed by atoms with Crippen LogP contribution in [-0.2, 0) is 17.8 Å². The lowest BCUT2D eigenvalue weighted by atomic mass is 10.1. The SMILES string of the molecule is O=C(Cc1ccc(Br)cc1)NCc1ncc[nH]1. The zero-order valence-corrected chi connectivity index (χ0v) is 10.7. The number of imidazole rings is 1. The van der Waals surface area contributed by atoms with Crippen molar-refractivity contribution in [3.8, 4) is 0 Å². The summed E-state index contributed by atoms with van der Waals surface area (Å²) in [5.41, 5.74) is 0.991. The van der Waals surface area contributed by atoms with Crippen molar-refractivity contribution in [3.05, 3.63) is 52.5 Å². The lowest BCUT2D eigenvalue weighted by Gasteiger charge is -2.03. The van der Waals surface area contributed by atoms with E-state index in [1.807, 2.05) is 24.3 Å². The van der Waals surface area contributed by atoms with E-state index in [1.165, 1.54) is 0 Å². The number of carbonyl (C=O) groups excluding carboxylic acids is 1. The Morgan fingerprint density at radius 3 is 2.76 bits per heavy atom. The minimum absolute atomic E-state index is 0.0104. The number of nitrogens with zero attached hydrogens (tertiary/aromatic N) is 1. The third kappa shape index (κ3) is 3.71. The highest BCUT2D eigenvalue weighted by atomic mass is 79.9. The highest BCUT2D eigenvalue weighted by molar-refractivity contribution is 9.10. The van der Waals surface area contributed by atoms with Crippen LogP contribution < -0.4 is 5.32 Å². The van der Waals surface area contributed by atoms with Crippen LogP contribution in [0.1, 0.15) is 11.4 Å². The lowest BCUT2D eigenvalue weighted by Crippen LogP contribution is -2.25. The first-order chi connectivity index (χ1) is 8.24. The summed E-state index contributed by atoms with van der Waals surface area (Å²) in [4.78, 5) is 18.6. The van der Waals surface area contributed by atoms with Gasteiger partial charge in [-0.15, -0.1) is 0 Å². The average molecular weight is 294 g/mol. The largest absolute Gasteiger partial charge is 0.349 e. The van der Waals surface area contributed by atoms with E-state index in [0.717, 1.165) is 15.9 Å². The Hall–Kier alpha value is -1.62. The third-order valence-corrected chi connectivity index (χ3v) is 2.81. The molecule has 88 valence electrons. The second-order valence-electron chi connectivity index (χ2n) is 3.62. The molecule has 4 nitrogen and oxygen atoms in total. The summed E-state index contributed by atoms with van der Waals surface area (Å²) in [6.45, 7) is 0.433. The Bertz CT molecular complexity index is 479. The van der Waals surface area contributed by atoms with Crippen molar-refractivity contribution in [2.45, 2.75) is 13.0 Å². The first-order valence-electron chi connectivity index (χ1n) is 5.23. The number of halogens is 1. The molecule has 2 N–H and O–H groups in total. The molecule has 0 bridgehead atoms. The molecular formula is C12H12BrN3O. The van der Waals surface area contributed by atoms with Gasteiger partial charge in [0.05, 0.1) is 13.0 Å². The van der Waals surface area contributed by atoms with Gasteiger partial charge in [-0.05, 0) is 17.7 Å². The molecule has 17 heavy (non-hydrogen) atoms. The lowest BCUT2D eigenvalue weighted by molar-refractivity contribution is -0.120. The average Bonchev–Trinajstić information content (AvgIpc) is 2.83. The van der Waals surface area contributed by atoms with Crippen molar-refractivity contribution >= 4 is 21.8 Å². The zero-order chi connectivity index (χ0) is 12.1. The maximum atomic E-state index is 11.6. The van der Waals surface area contributed by atoms with Gasteiger partial charge in [0.1, 0.15) is 5.82 Å². The van der Waals surface area contributed by atoms with Crippen molar-refractivity contribution in [2.24, 2.45) is 0 Å². The number of nitrogens with one attached hydrogen (secondary N) is 2. The maximum absolute atomic E-state index is 11.6. The van der Waals surface area contributed by atoms with Gasteiger partial charge in [0.2, 0.25) is 5.91 Å². The molecule has 0 radical (unpaired) electrons. The van der Waals surface area contributed by atoms with E-state index in [0.29, 0.717) is 13.0 Å². The molecule has 1 amide bonds. The van der Waals surface area contributed by atoms with E-state index in [9.17, 15) is 4.79 Å². The molecule has 1 aromatic heterocycles. The fourth-order valence-electron chi connectivity index (χ4n) is 1.43. The first-order valence-corrected chi connectivity index (χ1v) is 6.03. The number of benzene rings is 1. The maximum Gasteiger partial charge on any atom is 0.224 e. The fraction of sp³-hybridized carbons (Fsp3) is 0.167. The summed E-state index contributed by atoms with van der Waals surface area (Å²) >= 11 is 3.36. The van der Waals surface area contributed by atoms with Gasteiger partial charge < -0.3 is 10.3 Å². The topological polar surface area (TPSA) is 57.8 Å². The summed E-state index contributed by atoms with van der Waals surface area (Å²) in [7, 11) is 0. The van der Waals surface area contributed by atoms with Gasteiger partial charge in [-0.25, -0.2) is 4.98 Å². The van der Waals surface area contributed by atoms with Gasteiger partial charge >= 0.3 is 0 Å². The molecule has 0 unspecified atom stereocenters.